The summed E-state index contributed by atoms with van der Waals surface area (Å²) in [6.07, 6.45) is 0. The second-order valence-corrected chi connectivity index (χ2v) is 4.58. The summed E-state index contributed by atoms with van der Waals surface area (Å²) in [6.45, 7) is 0.914. The molecule has 2 aromatic rings. The first-order valence-electron chi connectivity index (χ1n) is 6.75. The zero-order chi connectivity index (χ0) is 15.1. The van der Waals surface area contributed by atoms with Crippen molar-refractivity contribution in [2.45, 2.75) is 13.2 Å². The van der Waals surface area contributed by atoms with E-state index < -0.39 is 0 Å². The molecule has 0 bridgehead atoms. The normalized spacial score (nSPS) is 10.2. The Morgan fingerprint density at radius 3 is 2.52 bits per heavy atom. The molecule has 2 rings (SSSR count). The summed E-state index contributed by atoms with van der Waals surface area (Å²) in [7, 11) is 3.22. The third-order valence-electron chi connectivity index (χ3n) is 3.14. The average Bonchev–Trinajstić information content (AvgIpc) is 2.55. The van der Waals surface area contributed by atoms with Crippen LogP contribution in [0.1, 0.15) is 21.5 Å². The molecule has 0 atom stereocenters. The first-order valence-corrected chi connectivity index (χ1v) is 6.75. The first-order chi connectivity index (χ1) is 10.2. The largest absolute Gasteiger partial charge is 0.496 e. The summed E-state index contributed by atoms with van der Waals surface area (Å²) in [5, 5.41) is 2.61. The lowest BCUT2D eigenvalue weighted by Crippen LogP contribution is -2.18. The van der Waals surface area contributed by atoms with Gasteiger partial charge in [0.05, 0.1) is 20.3 Å². The molecule has 0 unspecified atom stereocenters. The van der Waals surface area contributed by atoms with Crippen molar-refractivity contribution in [3.8, 4) is 5.75 Å². The maximum atomic E-state index is 11.7. The second kappa shape index (κ2) is 7.45. The van der Waals surface area contributed by atoms with Gasteiger partial charge in [-0.2, -0.15) is 0 Å². The summed E-state index contributed by atoms with van der Waals surface area (Å²) in [5.74, 6) is 0.595. The summed E-state index contributed by atoms with van der Waals surface area (Å²) >= 11 is 0. The van der Waals surface area contributed by atoms with Crippen LogP contribution in [0.5, 0.6) is 5.75 Å². The van der Waals surface area contributed by atoms with Gasteiger partial charge < -0.3 is 14.8 Å². The van der Waals surface area contributed by atoms with Crippen molar-refractivity contribution in [3.63, 3.8) is 0 Å². The van der Waals surface area contributed by atoms with E-state index in [0.29, 0.717) is 18.8 Å². The SMILES string of the molecule is CNC(=O)c1ccc(OC)c(COCc2ccccc2)c1. The molecule has 1 N–H and O–H groups in total. The standard InChI is InChI=1S/C17H19NO3/c1-18-17(19)14-8-9-16(20-2)15(10-14)12-21-11-13-6-4-3-5-7-13/h3-10H,11-12H2,1-2H3,(H,18,19). The van der Waals surface area contributed by atoms with Gasteiger partial charge in [0.15, 0.2) is 0 Å². The summed E-state index contributed by atoms with van der Waals surface area (Å²) in [5.41, 5.74) is 2.56. The molecule has 4 heteroatoms. The smallest absolute Gasteiger partial charge is 0.251 e. The van der Waals surface area contributed by atoms with E-state index in [-0.39, 0.29) is 5.91 Å². The highest BCUT2D eigenvalue weighted by atomic mass is 16.5. The van der Waals surface area contributed by atoms with Gasteiger partial charge in [-0.3, -0.25) is 4.79 Å². The van der Waals surface area contributed by atoms with E-state index in [4.69, 9.17) is 9.47 Å². The van der Waals surface area contributed by atoms with Crippen LogP contribution >= 0.6 is 0 Å². The molecular weight excluding hydrogens is 266 g/mol. The van der Waals surface area contributed by atoms with Crippen molar-refractivity contribution in [2.75, 3.05) is 14.2 Å². The molecule has 0 aliphatic carbocycles. The Morgan fingerprint density at radius 1 is 1.10 bits per heavy atom. The number of hydrogen-bond acceptors (Lipinski definition) is 3. The minimum absolute atomic E-state index is 0.123. The minimum Gasteiger partial charge on any atom is -0.496 e. The maximum Gasteiger partial charge on any atom is 0.251 e. The van der Waals surface area contributed by atoms with Gasteiger partial charge in [-0.25, -0.2) is 0 Å². The van der Waals surface area contributed by atoms with E-state index in [1.165, 1.54) is 0 Å². The molecule has 0 heterocycles. The molecule has 0 spiro atoms. The van der Waals surface area contributed by atoms with Gasteiger partial charge in [0.1, 0.15) is 5.75 Å². The second-order valence-electron chi connectivity index (χ2n) is 4.58. The van der Waals surface area contributed by atoms with E-state index in [2.05, 4.69) is 5.32 Å². The van der Waals surface area contributed by atoms with E-state index in [1.54, 1.807) is 32.4 Å². The highest BCUT2D eigenvalue weighted by Gasteiger charge is 2.09. The van der Waals surface area contributed by atoms with Gasteiger partial charge in [0.25, 0.3) is 5.91 Å². The van der Waals surface area contributed by atoms with Crippen LogP contribution in [0.15, 0.2) is 48.5 Å². The lowest BCUT2D eigenvalue weighted by atomic mass is 10.1. The Morgan fingerprint density at radius 2 is 1.86 bits per heavy atom. The topological polar surface area (TPSA) is 47.6 Å². The number of carbonyl (C=O) groups is 1. The van der Waals surface area contributed by atoms with Crippen LogP contribution in [0.25, 0.3) is 0 Å². The molecule has 0 aliphatic rings. The molecule has 0 aromatic heterocycles. The monoisotopic (exact) mass is 285 g/mol. The zero-order valence-corrected chi connectivity index (χ0v) is 12.3. The molecule has 0 aliphatic heterocycles. The predicted octanol–water partition coefficient (Wildman–Crippen LogP) is 2.77. The molecule has 4 nitrogen and oxygen atoms in total. The average molecular weight is 285 g/mol. The molecule has 21 heavy (non-hydrogen) atoms. The van der Waals surface area contributed by atoms with Crippen LogP contribution in [0.3, 0.4) is 0 Å². The number of benzene rings is 2. The molecule has 0 saturated carbocycles. The Labute approximate surface area is 124 Å². The van der Waals surface area contributed by atoms with Gasteiger partial charge in [0.2, 0.25) is 0 Å². The van der Waals surface area contributed by atoms with Gasteiger partial charge in [-0.05, 0) is 23.8 Å². The fourth-order valence-electron chi connectivity index (χ4n) is 2.03. The van der Waals surface area contributed by atoms with E-state index in [0.717, 1.165) is 16.9 Å². The van der Waals surface area contributed by atoms with E-state index in [9.17, 15) is 4.79 Å². The van der Waals surface area contributed by atoms with Crippen molar-refractivity contribution < 1.29 is 14.3 Å². The Bertz CT molecular complexity index is 596. The summed E-state index contributed by atoms with van der Waals surface area (Å²) in [6, 6.07) is 15.3. The highest BCUT2D eigenvalue weighted by Crippen LogP contribution is 2.21. The number of ether oxygens (including phenoxy) is 2. The van der Waals surface area contributed by atoms with Crippen LogP contribution in [-0.4, -0.2) is 20.1 Å². The molecule has 0 saturated heterocycles. The molecule has 110 valence electrons. The number of nitrogens with one attached hydrogen (secondary N) is 1. The van der Waals surface area contributed by atoms with Crippen LogP contribution < -0.4 is 10.1 Å². The van der Waals surface area contributed by atoms with E-state index >= 15 is 0 Å². The van der Waals surface area contributed by atoms with Crippen molar-refractivity contribution in [1.29, 1.82) is 0 Å². The van der Waals surface area contributed by atoms with Crippen LogP contribution in [0.4, 0.5) is 0 Å². The van der Waals surface area contributed by atoms with Gasteiger partial charge in [0, 0.05) is 18.2 Å². The third kappa shape index (κ3) is 4.07. The van der Waals surface area contributed by atoms with Crippen molar-refractivity contribution in [1.82, 2.24) is 5.32 Å². The summed E-state index contributed by atoms with van der Waals surface area (Å²) in [4.78, 5) is 11.7. The molecule has 0 radical (unpaired) electrons. The molecule has 0 fully saturated rings. The van der Waals surface area contributed by atoms with Crippen molar-refractivity contribution in [3.05, 3.63) is 65.2 Å². The van der Waals surface area contributed by atoms with Crippen LogP contribution in [0.2, 0.25) is 0 Å². The summed E-state index contributed by atoms with van der Waals surface area (Å²) < 4.78 is 11.0. The van der Waals surface area contributed by atoms with Gasteiger partial charge in [-0.15, -0.1) is 0 Å². The lowest BCUT2D eigenvalue weighted by molar-refractivity contribution is 0.0960. The van der Waals surface area contributed by atoms with Gasteiger partial charge in [-0.1, -0.05) is 30.3 Å². The number of carbonyl (C=O) groups excluding carboxylic acids is 1. The zero-order valence-electron chi connectivity index (χ0n) is 12.3. The van der Waals surface area contributed by atoms with E-state index in [1.807, 2.05) is 30.3 Å². The van der Waals surface area contributed by atoms with Crippen LogP contribution in [0, 0.1) is 0 Å². The fraction of sp³-hybridized carbons (Fsp3) is 0.235. The molecule has 1 amide bonds. The highest BCUT2D eigenvalue weighted by molar-refractivity contribution is 5.94. The van der Waals surface area contributed by atoms with Gasteiger partial charge >= 0.3 is 0 Å². The predicted molar refractivity (Wildman–Crippen MR) is 81.3 cm³/mol. The van der Waals surface area contributed by atoms with Crippen molar-refractivity contribution >= 4 is 5.91 Å². The number of hydrogen-bond donors (Lipinski definition) is 1. The number of methoxy groups -OCH3 is 1. The lowest BCUT2D eigenvalue weighted by Gasteiger charge is -2.11. The maximum absolute atomic E-state index is 11.7. The number of rotatable bonds is 6. The fourth-order valence-corrected chi connectivity index (χ4v) is 2.03. The first kappa shape index (κ1) is 15.1. The Kier molecular flexibility index (Phi) is 5.35. The quantitative estimate of drug-likeness (QED) is 0.887. The number of amides is 1. The van der Waals surface area contributed by atoms with Crippen LogP contribution in [-0.2, 0) is 18.0 Å². The van der Waals surface area contributed by atoms with Crippen molar-refractivity contribution in [2.24, 2.45) is 0 Å². The Hall–Kier alpha value is -2.33. The third-order valence-corrected chi connectivity index (χ3v) is 3.14. The molecule has 2 aromatic carbocycles. The minimum atomic E-state index is -0.123. The Balaban J connectivity index is 2.05. The molecular formula is C17H19NO3.